The summed E-state index contributed by atoms with van der Waals surface area (Å²) in [5, 5.41) is 5.48. The third-order valence-electron chi connectivity index (χ3n) is 4.07. The van der Waals surface area contributed by atoms with Gasteiger partial charge in [0.2, 0.25) is 0 Å². The zero-order chi connectivity index (χ0) is 19.6. The van der Waals surface area contributed by atoms with Crippen LogP contribution in [0.4, 0.5) is 5.82 Å². The van der Waals surface area contributed by atoms with Crippen LogP contribution in [0, 0.1) is 0 Å². The Hall–Kier alpha value is -4.05. The van der Waals surface area contributed by atoms with Gasteiger partial charge in [-0.15, -0.1) is 11.3 Å². The summed E-state index contributed by atoms with van der Waals surface area (Å²) in [7, 11) is 0. The molecule has 1 N–H and O–H groups in total. The Morgan fingerprint density at radius 1 is 1.03 bits per heavy atom. The monoisotopic (exact) mass is 400 g/mol. The minimum atomic E-state index is -0.419. The predicted molar refractivity (Wildman–Crippen MR) is 108 cm³/mol. The molecule has 0 radical (unpaired) electrons. The van der Waals surface area contributed by atoms with Crippen molar-refractivity contribution in [3.8, 4) is 17.3 Å². The van der Waals surface area contributed by atoms with Crippen LogP contribution in [0.25, 0.3) is 27.6 Å². The number of aromatic nitrogens is 7. The van der Waals surface area contributed by atoms with E-state index in [1.54, 1.807) is 35.7 Å². The standard InChI is InChI=1S/C19H12N8OS/c28-18(14-9-21-10-15(23-14)27-7-6-20-11-27)25-16-12-4-8-29-19(12)26-17(24-16)13-3-1-2-5-22-13/h1-11H,(H,24,25,26,28). The first-order valence-corrected chi connectivity index (χ1v) is 9.44. The van der Waals surface area contributed by atoms with Gasteiger partial charge in [0, 0.05) is 18.6 Å². The smallest absolute Gasteiger partial charge is 0.277 e. The summed E-state index contributed by atoms with van der Waals surface area (Å²) in [5.74, 6) is 0.913. The van der Waals surface area contributed by atoms with Gasteiger partial charge in [-0.2, -0.15) is 0 Å². The van der Waals surface area contributed by atoms with E-state index in [4.69, 9.17) is 0 Å². The van der Waals surface area contributed by atoms with E-state index in [1.165, 1.54) is 17.5 Å². The van der Waals surface area contributed by atoms with Crippen LogP contribution in [0.2, 0.25) is 0 Å². The molecule has 9 nitrogen and oxygen atoms in total. The summed E-state index contributed by atoms with van der Waals surface area (Å²) in [5.41, 5.74) is 0.790. The van der Waals surface area contributed by atoms with E-state index < -0.39 is 5.91 Å². The normalized spacial score (nSPS) is 10.9. The topological polar surface area (TPSA) is 111 Å². The van der Waals surface area contributed by atoms with Crippen LogP contribution in [0.3, 0.4) is 0 Å². The second kappa shape index (κ2) is 7.17. The molecule has 0 aliphatic heterocycles. The molecule has 5 aromatic heterocycles. The number of nitrogens with zero attached hydrogens (tertiary/aromatic N) is 7. The summed E-state index contributed by atoms with van der Waals surface area (Å²) in [6.45, 7) is 0. The first-order valence-electron chi connectivity index (χ1n) is 8.56. The number of imidazole rings is 1. The number of rotatable bonds is 4. The lowest BCUT2D eigenvalue weighted by Crippen LogP contribution is -2.16. The van der Waals surface area contributed by atoms with E-state index in [0.29, 0.717) is 23.2 Å². The van der Waals surface area contributed by atoms with Crippen LogP contribution in [0.1, 0.15) is 10.5 Å². The largest absolute Gasteiger partial charge is 0.304 e. The van der Waals surface area contributed by atoms with Gasteiger partial charge in [-0.05, 0) is 23.6 Å². The van der Waals surface area contributed by atoms with Crippen molar-refractivity contribution in [2.75, 3.05) is 5.32 Å². The maximum Gasteiger partial charge on any atom is 0.277 e. The molecule has 0 aromatic carbocycles. The van der Waals surface area contributed by atoms with E-state index in [0.717, 1.165) is 10.2 Å². The third kappa shape index (κ3) is 3.32. The number of amides is 1. The maximum atomic E-state index is 12.8. The summed E-state index contributed by atoms with van der Waals surface area (Å²) in [4.78, 5) is 39.4. The van der Waals surface area contributed by atoms with Crippen molar-refractivity contribution in [2.45, 2.75) is 0 Å². The predicted octanol–water partition coefficient (Wildman–Crippen LogP) is 2.98. The van der Waals surface area contributed by atoms with Gasteiger partial charge in [-0.3, -0.25) is 19.3 Å². The van der Waals surface area contributed by atoms with E-state index in [2.05, 4.69) is 35.2 Å². The lowest BCUT2D eigenvalue weighted by molar-refractivity contribution is 0.102. The summed E-state index contributed by atoms with van der Waals surface area (Å²) in [6.07, 6.45) is 9.57. The van der Waals surface area contributed by atoms with Gasteiger partial charge < -0.3 is 5.32 Å². The Kier molecular flexibility index (Phi) is 4.22. The molecule has 0 unspecified atom stereocenters. The van der Waals surface area contributed by atoms with Gasteiger partial charge in [0.1, 0.15) is 28.4 Å². The van der Waals surface area contributed by atoms with Gasteiger partial charge >= 0.3 is 0 Å². The lowest BCUT2D eigenvalue weighted by atomic mass is 10.3. The molecule has 5 rings (SSSR count). The van der Waals surface area contributed by atoms with Crippen LogP contribution < -0.4 is 5.32 Å². The second-order valence-electron chi connectivity index (χ2n) is 5.94. The molecule has 1 amide bonds. The molecule has 0 atom stereocenters. The molecule has 0 fully saturated rings. The number of pyridine rings is 1. The van der Waals surface area contributed by atoms with Crippen molar-refractivity contribution in [1.82, 2.24) is 34.5 Å². The quantitative estimate of drug-likeness (QED) is 0.493. The number of carbonyl (C=O) groups excluding carboxylic acids is 1. The molecule has 0 saturated heterocycles. The molecule has 140 valence electrons. The van der Waals surface area contributed by atoms with Crippen molar-refractivity contribution in [2.24, 2.45) is 0 Å². The third-order valence-corrected chi connectivity index (χ3v) is 4.88. The van der Waals surface area contributed by atoms with Gasteiger partial charge in [-0.1, -0.05) is 6.07 Å². The highest BCUT2D eigenvalue weighted by molar-refractivity contribution is 7.16. The Morgan fingerprint density at radius 3 is 2.83 bits per heavy atom. The molecule has 10 heteroatoms. The summed E-state index contributed by atoms with van der Waals surface area (Å²) >= 11 is 1.47. The Morgan fingerprint density at radius 2 is 2.00 bits per heavy atom. The van der Waals surface area contributed by atoms with Crippen LogP contribution in [-0.2, 0) is 0 Å². The fraction of sp³-hybridized carbons (Fsp3) is 0. The van der Waals surface area contributed by atoms with Gasteiger partial charge in [0.25, 0.3) is 5.91 Å². The molecule has 5 aromatic rings. The zero-order valence-corrected chi connectivity index (χ0v) is 15.6. The first-order chi connectivity index (χ1) is 14.3. The van der Waals surface area contributed by atoms with Crippen molar-refractivity contribution < 1.29 is 4.79 Å². The number of anilines is 1. The number of carbonyl (C=O) groups is 1. The van der Waals surface area contributed by atoms with Crippen molar-refractivity contribution in [1.29, 1.82) is 0 Å². The second-order valence-corrected chi connectivity index (χ2v) is 6.83. The van der Waals surface area contributed by atoms with Crippen molar-refractivity contribution in [3.63, 3.8) is 0 Å². The molecule has 0 bridgehead atoms. The molecule has 0 aliphatic rings. The van der Waals surface area contributed by atoms with Crippen LogP contribution in [0.5, 0.6) is 0 Å². The fourth-order valence-corrected chi connectivity index (χ4v) is 3.48. The number of thiophene rings is 1. The minimum Gasteiger partial charge on any atom is -0.304 e. The number of hydrogen-bond acceptors (Lipinski definition) is 8. The van der Waals surface area contributed by atoms with Crippen LogP contribution >= 0.6 is 11.3 Å². The SMILES string of the molecule is O=C(Nc1nc(-c2ccccn2)nc2sccc12)c1cncc(-n2ccnc2)n1. The number of hydrogen-bond donors (Lipinski definition) is 1. The fourth-order valence-electron chi connectivity index (χ4n) is 2.72. The van der Waals surface area contributed by atoms with Crippen LogP contribution in [0.15, 0.2) is 67.0 Å². The van der Waals surface area contributed by atoms with Crippen molar-refractivity contribution >= 4 is 33.3 Å². The molecular weight excluding hydrogens is 388 g/mol. The van der Waals surface area contributed by atoms with Gasteiger partial charge in [-0.25, -0.2) is 19.9 Å². The molecular formula is C19H12N8OS. The number of fused-ring (bicyclic) bond motifs is 1. The molecule has 0 aliphatic carbocycles. The molecule has 0 saturated carbocycles. The highest BCUT2D eigenvalue weighted by Crippen LogP contribution is 2.28. The average Bonchev–Trinajstić information content (AvgIpc) is 3.46. The Bertz CT molecular complexity index is 1300. The summed E-state index contributed by atoms with van der Waals surface area (Å²) < 4.78 is 1.67. The van der Waals surface area contributed by atoms with E-state index in [-0.39, 0.29) is 5.69 Å². The van der Waals surface area contributed by atoms with E-state index in [9.17, 15) is 4.79 Å². The van der Waals surface area contributed by atoms with E-state index >= 15 is 0 Å². The van der Waals surface area contributed by atoms with Gasteiger partial charge in [0.15, 0.2) is 11.6 Å². The molecule has 0 spiro atoms. The zero-order valence-electron chi connectivity index (χ0n) is 14.8. The first kappa shape index (κ1) is 17.1. The summed E-state index contributed by atoms with van der Waals surface area (Å²) in [6, 6.07) is 7.37. The maximum absolute atomic E-state index is 12.8. The van der Waals surface area contributed by atoms with Crippen molar-refractivity contribution in [3.05, 3.63) is 72.7 Å². The highest BCUT2D eigenvalue weighted by Gasteiger charge is 2.16. The van der Waals surface area contributed by atoms with E-state index in [1.807, 2.05) is 29.6 Å². The van der Waals surface area contributed by atoms with Gasteiger partial charge in [0.05, 0.1) is 17.8 Å². The lowest BCUT2D eigenvalue weighted by Gasteiger charge is -2.08. The number of nitrogens with one attached hydrogen (secondary N) is 1. The Balaban J connectivity index is 1.51. The van der Waals surface area contributed by atoms with Crippen LogP contribution in [-0.4, -0.2) is 40.4 Å². The highest BCUT2D eigenvalue weighted by atomic mass is 32.1. The molecule has 5 heterocycles. The average molecular weight is 400 g/mol. The minimum absolute atomic E-state index is 0.164. The molecule has 29 heavy (non-hydrogen) atoms. The Labute approximate surface area is 168 Å².